The van der Waals surface area contributed by atoms with Crippen molar-refractivity contribution in [3.05, 3.63) is 94.5 Å². The molecular weight excluding hydrogens is 462 g/mol. The van der Waals surface area contributed by atoms with Crippen molar-refractivity contribution in [1.82, 2.24) is 4.90 Å². The van der Waals surface area contributed by atoms with Crippen LogP contribution in [-0.4, -0.2) is 47.5 Å². The third-order valence-corrected chi connectivity index (χ3v) is 8.23. The Morgan fingerprint density at radius 3 is 2.49 bits per heavy atom. The van der Waals surface area contributed by atoms with E-state index in [1.807, 2.05) is 60.7 Å². The topological polar surface area (TPSA) is 62.2 Å². The van der Waals surface area contributed by atoms with Gasteiger partial charge in [-0.1, -0.05) is 54.1 Å². The van der Waals surface area contributed by atoms with Gasteiger partial charge in [-0.2, -0.15) is 0 Å². The Bertz CT molecular complexity index is 1200. The van der Waals surface area contributed by atoms with Crippen molar-refractivity contribution in [3.63, 3.8) is 0 Å². The van der Waals surface area contributed by atoms with E-state index in [0.717, 1.165) is 30.8 Å². The molecule has 5 nitrogen and oxygen atoms in total. The molecule has 3 aromatic carbocycles. The Hall–Kier alpha value is -2.57. The minimum Gasteiger partial charge on any atom is -0.492 e. The SMILES string of the molecule is O[C@H]1C[C@@H](c2ccccc2)[C@]2(c3ccc(Cl)cc3)Oc3cc(OCCN4CCCC4)ccc3[C@]12O. The number of aliphatic hydroxyl groups excluding tert-OH is 1. The highest BCUT2D eigenvalue weighted by Crippen LogP contribution is 2.66. The molecule has 2 heterocycles. The van der Waals surface area contributed by atoms with E-state index in [2.05, 4.69) is 4.90 Å². The van der Waals surface area contributed by atoms with Gasteiger partial charge in [0.05, 0.1) is 6.10 Å². The number of hydrogen-bond donors (Lipinski definition) is 2. The lowest BCUT2D eigenvalue weighted by Crippen LogP contribution is -2.51. The minimum absolute atomic E-state index is 0.267. The van der Waals surface area contributed by atoms with Crippen LogP contribution in [0.15, 0.2) is 72.8 Å². The Morgan fingerprint density at radius 1 is 1.00 bits per heavy atom. The first-order valence-electron chi connectivity index (χ1n) is 12.4. The molecule has 1 saturated carbocycles. The predicted molar refractivity (Wildman–Crippen MR) is 135 cm³/mol. The molecule has 0 bridgehead atoms. The van der Waals surface area contributed by atoms with Gasteiger partial charge in [-0.15, -0.1) is 0 Å². The summed E-state index contributed by atoms with van der Waals surface area (Å²) in [5.74, 6) is 0.973. The average Bonchev–Trinajstić information content (AvgIpc) is 3.54. The van der Waals surface area contributed by atoms with Crippen molar-refractivity contribution in [3.8, 4) is 11.5 Å². The lowest BCUT2D eigenvalue weighted by molar-refractivity contribution is -0.149. The number of fused-ring (bicyclic) bond motifs is 3. The van der Waals surface area contributed by atoms with Crippen molar-refractivity contribution >= 4 is 11.6 Å². The fourth-order valence-electron chi connectivity index (χ4n) is 6.30. The van der Waals surface area contributed by atoms with Gasteiger partial charge in [-0.25, -0.2) is 0 Å². The highest BCUT2D eigenvalue weighted by atomic mass is 35.5. The van der Waals surface area contributed by atoms with Crippen LogP contribution >= 0.6 is 11.6 Å². The summed E-state index contributed by atoms with van der Waals surface area (Å²) in [5, 5.41) is 24.3. The molecule has 0 aromatic heterocycles. The van der Waals surface area contributed by atoms with Crippen LogP contribution in [0.4, 0.5) is 0 Å². The number of nitrogens with zero attached hydrogens (tertiary/aromatic N) is 1. The summed E-state index contributed by atoms with van der Waals surface area (Å²) in [4.78, 5) is 2.41. The van der Waals surface area contributed by atoms with Crippen LogP contribution in [0.25, 0.3) is 0 Å². The summed E-state index contributed by atoms with van der Waals surface area (Å²) < 4.78 is 12.8. The Labute approximate surface area is 210 Å². The molecule has 1 saturated heterocycles. The zero-order chi connectivity index (χ0) is 24.0. The van der Waals surface area contributed by atoms with Crippen LogP contribution in [0.2, 0.25) is 5.02 Å². The fourth-order valence-corrected chi connectivity index (χ4v) is 6.43. The monoisotopic (exact) mass is 491 g/mol. The van der Waals surface area contributed by atoms with Crippen LogP contribution < -0.4 is 9.47 Å². The van der Waals surface area contributed by atoms with Crippen molar-refractivity contribution in [2.45, 2.75) is 42.5 Å². The first kappa shape index (κ1) is 22.9. The van der Waals surface area contributed by atoms with Gasteiger partial charge in [-0.05, 0) is 67.7 Å². The Balaban J connectivity index is 1.39. The van der Waals surface area contributed by atoms with Crippen molar-refractivity contribution in [2.24, 2.45) is 0 Å². The van der Waals surface area contributed by atoms with Gasteiger partial charge in [0, 0.05) is 29.1 Å². The van der Waals surface area contributed by atoms with Gasteiger partial charge in [0.25, 0.3) is 0 Å². The fraction of sp³-hybridized carbons (Fsp3) is 0.379. The maximum atomic E-state index is 12.3. The maximum Gasteiger partial charge on any atom is 0.176 e. The summed E-state index contributed by atoms with van der Waals surface area (Å²) in [6.07, 6.45) is 1.87. The number of halogens is 1. The van der Waals surface area contributed by atoms with Gasteiger partial charge >= 0.3 is 0 Å². The van der Waals surface area contributed by atoms with E-state index in [-0.39, 0.29) is 5.92 Å². The van der Waals surface area contributed by atoms with Gasteiger partial charge in [0.1, 0.15) is 18.1 Å². The van der Waals surface area contributed by atoms with Crippen molar-refractivity contribution in [2.75, 3.05) is 26.2 Å². The second kappa shape index (κ2) is 8.82. The maximum absolute atomic E-state index is 12.3. The zero-order valence-electron chi connectivity index (χ0n) is 19.6. The quantitative estimate of drug-likeness (QED) is 0.516. The smallest absolute Gasteiger partial charge is 0.176 e. The summed E-state index contributed by atoms with van der Waals surface area (Å²) in [6.45, 7) is 3.75. The van der Waals surface area contributed by atoms with Crippen LogP contribution in [0.3, 0.4) is 0 Å². The van der Waals surface area contributed by atoms with Crippen LogP contribution in [0.5, 0.6) is 11.5 Å². The molecule has 1 aliphatic carbocycles. The first-order chi connectivity index (χ1) is 17.0. The molecule has 6 heteroatoms. The molecule has 3 aromatic rings. The van der Waals surface area contributed by atoms with E-state index in [4.69, 9.17) is 21.1 Å². The number of hydrogen-bond acceptors (Lipinski definition) is 5. The van der Waals surface area contributed by atoms with E-state index < -0.39 is 17.3 Å². The number of benzene rings is 3. The molecule has 35 heavy (non-hydrogen) atoms. The van der Waals surface area contributed by atoms with Gasteiger partial charge < -0.3 is 19.7 Å². The molecular formula is C29H30ClNO4. The lowest BCUT2D eigenvalue weighted by Gasteiger charge is -2.40. The van der Waals surface area contributed by atoms with E-state index >= 15 is 0 Å². The van der Waals surface area contributed by atoms with E-state index in [0.29, 0.717) is 35.1 Å². The predicted octanol–water partition coefficient (Wildman–Crippen LogP) is 4.84. The zero-order valence-corrected chi connectivity index (χ0v) is 20.3. The third-order valence-electron chi connectivity index (χ3n) is 7.98. The highest BCUT2D eigenvalue weighted by Gasteiger charge is 2.72. The van der Waals surface area contributed by atoms with Gasteiger partial charge in [0.15, 0.2) is 11.2 Å². The van der Waals surface area contributed by atoms with Crippen molar-refractivity contribution in [1.29, 1.82) is 0 Å². The van der Waals surface area contributed by atoms with E-state index in [9.17, 15) is 10.2 Å². The molecule has 2 fully saturated rings. The first-order valence-corrected chi connectivity index (χ1v) is 12.8. The highest BCUT2D eigenvalue weighted by molar-refractivity contribution is 6.30. The van der Waals surface area contributed by atoms with E-state index in [1.165, 1.54) is 12.8 Å². The number of rotatable bonds is 6. The molecule has 0 spiro atoms. The number of ether oxygens (including phenoxy) is 2. The molecule has 6 rings (SSSR count). The lowest BCUT2D eigenvalue weighted by atomic mass is 9.71. The summed E-state index contributed by atoms with van der Waals surface area (Å²) in [6, 6.07) is 22.9. The van der Waals surface area contributed by atoms with Crippen LogP contribution in [-0.2, 0) is 11.2 Å². The molecule has 2 aliphatic heterocycles. The Kier molecular flexibility index (Phi) is 5.76. The van der Waals surface area contributed by atoms with Gasteiger partial charge in [0.2, 0.25) is 0 Å². The summed E-state index contributed by atoms with van der Waals surface area (Å²) in [7, 11) is 0. The van der Waals surface area contributed by atoms with Crippen molar-refractivity contribution < 1.29 is 19.7 Å². The second-order valence-electron chi connectivity index (χ2n) is 9.88. The minimum atomic E-state index is -1.62. The molecule has 182 valence electrons. The molecule has 0 radical (unpaired) electrons. The van der Waals surface area contributed by atoms with Gasteiger partial charge in [-0.3, -0.25) is 4.90 Å². The van der Waals surface area contributed by atoms with E-state index in [1.54, 1.807) is 12.1 Å². The molecule has 3 aliphatic rings. The van der Waals surface area contributed by atoms with Crippen LogP contribution in [0, 0.1) is 0 Å². The number of likely N-dealkylation sites (tertiary alicyclic amines) is 1. The molecule has 0 unspecified atom stereocenters. The number of aliphatic hydroxyl groups is 2. The molecule has 0 amide bonds. The standard InChI is InChI=1S/C29H30ClNO4/c30-22-10-8-21(9-11-22)29-25(20-6-2-1-3-7-20)19-27(32)28(29,33)24-13-12-23(18-26(24)35-29)34-17-16-31-14-4-5-15-31/h1-3,6-13,18,25,27,32-33H,4-5,14-17,19H2/t25-,27-,28-,29-/m0/s1. The second-order valence-corrected chi connectivity index (χ2v) is 10.3. The largest absolute Gasteiger partial charge is 0.492 e. The Morgan fingerprint density at radius 2 is 1.74 bits per heavy atom. The molecule has 2 N–H and O–H groups in total. The van der Waals surface area contributed by atoms with Crippen LogP contribution in [0.1, 0.15) is 41.9 Å². The average molecular weight is 492 g/mol. The third kappa shape index (κ3) is 3.56. The summed E-state index contributed by atoms with van der Waals surface area (Å²) in [5.41, 5.74) is -0.445. The molecule has 4 atom stereocenters. The normalized spacial score (nSPS) is 29.6. The summed E-state index contributed by atoms with van der Waals surface area (Å²) >= 11 is 6.21.